The predicted octanol–water partition coefficient (Wildman–Crippen LogP) is 2.37. The summed E-state index contributed by atoms with van der Waals surface area (Å²) in [5.74, 6) is 5.95. The number of nitrogen functional groups attached to an aromatic ring is 1. The Morgan fingerprint density at radius 3 is 2.40 bits per heavy atom. The van der Waals surface area contributed by atoms with E-state index in [1.54, 1.807) is 5.01 Å². The number of nitrogens with zero attached hydrogens (tertiary/aromatic N) is 1. The van der Waals surface area contributed by atoms with Crippen molar-refractivity contribution in [2.24, 2.45) is 5.84 Å². The second-order valence-corrected chi connectivity index (χ2v) is 4.04. The lowest BCUT2D eigenvalue weighted by molar-refractivity contribution is 0.739. The molecule has 84 valence electrons. The van der Waals surface area contributed by atoms with Crippen LogP contribution in [0.4, 0.5) is 11.4 Å². The average molecular weight is 207 g/mol. The number of unbranched alkanes of at least 4 members (excludes halogenated alkanes) is 1. The molecule has 0 spiro atoms. The van der Waals surface area contributed by atoms with E-state index >= 15 is 0 Å². The van der Waals surface area contributed by atoms with E-state index in [1.165, 1.54) is 11.1 Å². The smallest absolute Gasteiger partial charge is 0.0749 e. The van der Waals surface area contributed by atoms with Crippen LogP contribution in [-0.4, -0.2) is 6.54 Å². The minimum Gasteiger partial charge on any atom is -0.397 e. The van der Waals surface area contributed by atoms with Gasteiger partial charge in [0, 0.05) is 6.54 Å². The summed E-state index contributed by atoms with van der Waals surface area (Å²) in [5.41, 5.74) is 10.1. The Hall–Kier alpha value is -1.22. The van der Waals surface area contributed by atoms with E-state index in [0.29, 0.717) is 0 Å². The van der Waals surface area contributed by atoms with Crippen molar-refractivity contribution in [1.29, 1.82) is 0 Å². The van der Waals surface area contributed by atoms with Crippen molar-refractivity contribution in [2.75, 3.05) is 17.3 Å². The van der Waals surface area contributed by atoms with Crippen molar-refractivity contribution in [3.8, 4) is 0 Å². The molecule has 0 aliphatic carbocycles. The fraction of sp³-hybridized carbons (Fsp3) is 0.500. The first kappa shape index (κ1) is 11.9. The van der Waals surface area contributed by atoms with Gasteiger partial charge in [0.25, 0.3) is 0 Å². The molecule has 1 aromatic rings. The summed E-state index contributed by atoms with van der Waals surface area (Å²) >= 11 is 0. The molecule has 1 aromatic carbocycles. The zero-order valence-corrected chi connectivity index (χ0v) is 9.88. The molecular weight excluding hydrogens is 186 g/mol. The van der Waals surface area contributed by atoms with E-state index in [0.717, 1.165) is 30.8 Å². The summed E-state index contributed by atoms with van der Waals surface area (Å²) in [4.78, 5) is 0. The Kier molecular flexibility index (Phi) is 3.97. The van der Waals surface area contributed by atoms with Gasteiger partial charge in [-0.2, -0.15) is 0 Å². The molecule has 0 aliphatic heterocycles. The molecule has 0 aromatic heterocycles. The highest BCUT2D eigenvalue weighted by atomic mass is 15.4. The lowest BCUT2D eigenvalue weighted by Gasteiger charge is -2.21. The Balaban J connectivity index is 2.88. The lowest BCUT2D eigenvalue weighted by atomic mass is 10.1. The average Bonchev–Trinajstić information content (AvgIpc) is 2.20. The molecule has 4 N–H and O–H groups in total. The molecule has 1 rings (SSSR count). The predicted molar refractivity (Wildman–Crippen MR) is 66.8 cm³/mol. The van der Waals surface area contributed by atoms with Crippen LogP contribution in [0.2, 0.25) is 0 Å². The summed E-state index contributed by atoms with van der Waals surface area (Å²) in [5, 5.41) is 1.74. The summed E-state index contributed by atoms with van der Waals surface area (Å²) < 4.78 is 0. The summed E-state index contributed by atoms with van der Waals surface area (Å²) in [6.45, 7) is 7.13. The summed E-state index contributed by atoms with van der Waals surface area (Å²) in [7, 11) is 0. The van der Waals surface area contributed by atoms with Crippen LogP contribution < -0.4 is 16.6 Å². The van der Waals surface area contributed by atoms with Gasteiger partial charge in [0.2, 0.25) is 0 Å². The maximum absolute atomic E-state index is 5.95. The van der Waals surface area contributed by atoms with Crippen LogP contribution in [0.3, 0.4) is 0 Å². The zero-order chi connectivity index (χ0) is 11.4. The fourth-order valence-electron chi connectivity index (χ4n) is 1.52. The first-order chi connectivity index (χ1) is 7.06. The highest BCUT2D eigenvalue weighted by Gasteiger charge is 2.07. The maximum Gasteiger partial charge on any atom is 0.0749 e. The van der Waals surface area contributed by atoms with Crippen LogP contribution in [0, 0.1) is 13.8 Å². The highest BCUT2D eigenvalue weighted by Crippen LogP contribution is 2.25. The van der Waals surface area contributed by atoms with Crippen LogP contribution in [0.5, 0.6) is 0 Å². The molecule has 0 saturated carbocycles. The van der Waals surface area contributed by atoms with Crippen molar-refractivity contribution < 1.29 is 0 Å². The van der Waals surface area contributed by atoms with E-state index in [4.69, 9.17) is 11.6 Å². The topological polar surface area (TPSA) is 55.3 Å². The van der Waals surface area contributed by atoms with Crippen molar-refractivity contribution in [3.63, 3.8) is 0 Å². The number of rotatable bonds is 4. The van der Waals surface area contributed by atoms with Crippen molar-refractivity contribution in [2.45, 2.75) is 33.6 Å². The number of benzene rings is 1. The number of aryl methyl sites for hydroxylation is 2. The van der Waals surface area contributed by atoms with Gasteiger partial charge in [-0.15, -0.1) is 0 Å². The third-order valence-corrected chi connectivity index (χ3v) is 2.71. The first-order valence-corrected chi connectivity index (χ1v) is 5.45. The molecule has 0 bridgehead atoms. The quantitative estimate of drug-likeness (QED) is 0.453. The first-order valence-electron chi connectivity index (χ1n) is 5.45. The Labute approximate surface area is 92.0 Å². The molecule has 0 amide bonds. The number of nitrogens with two attached hydrogens (primary N) is 2. The summed E-state index contributed by atoms with van der Waals surface area (Å²) in [6.07, 6.45) is 2.22. The van der Waals surface area contributed by atoms with Gasteiger partial charge in [-0.05, 0) is 43.5 Å². The fourth-order valence-corrected chi connectivity index (χ4v) is 1.52. The molecule has 0 fully saturated rings. The lowest BCUT2D eigenvalue weighted by Crippen LogP contribution is -2.32. The molecule has 0 radical (unpaired) electrons. The third-order valence-electron chi connectivity index (χ3n) is 2.71. The normalized spacial score (nSPS) is 10.4. The van der Waals surface area contributed by atoms with E-state index < -0.39 is 0 Å². The molecular formula is C12H21N3. The number of anilines is 2. The van der Waals surface area contributed by atoms with Crippen molar-refractivity contribution in [3.05, 3.63) is 23.3 Å². The van der Waals surface area contributed by atoms with Gasteiger partial charge < -0.3 is 10.7 Å². The van der Waals surface area contributed by atoms with Crippen LogP contribution in [-0.2, 0) is 0 Å². The van der Waals surface area contributed by atoms with Gasteiger partial charge in [0.05, 0.1) is 11.4 Å². The van der Waals surface area contributed by atoms with E-state index in [1.807, 2.05) is 6.07 Å². The number of hydrogen-bond acceptors (Lipinski definition) is 3. The van der Waals surface area contributed by atoms with Gasteiger partial charge in [0.15, 0.2) is 0 Å². The Morgan fingerprint density at radius 1 is 1.20 bits per heavy atom. The molecule has 0 aliphatic rings. The molecule has 3 nitrogen and oxygen atoms in total. The molecule has 0 atom stereocenters. The van der Waals surface area contributed by atoms with Gasteiger partial charge in [-0.25, -0.2) is 5.84 Å². The summed E-state index contributed by atoms with van der Waals surface area (Å²) in [6, 6.07) is 4.04. The Morgan fingerprint density at radius 2 is 1.80 bits per heavy atom. The van der Waals surface area contributed by atoms with E-state index in [-0.39, 0.29) is 0 Å². The van der Waals surface area contributed by atoms with E-state index in [2.05, 4.69) is 26.8 Å². The third kappa shape index (κ3) is 2.86. The van der Waals surface area contributed by atoms with Gasteiger partial charge in [0.1, 0.15) is 0 Å². The SMILES string of the molecule is CCCCN(N)c1cc(C)c(C)cc1N. The van der Waals surface area contributed by atoms with Gasteiger partial charge in [-0.1, -0.05) is 13.3 Å². The highest BCUT2D eigenvalue weighted by molar-refractivity contribution is 5.69. The number of hydrazine groups is 1. The molecule has 15 heavy (non-hydrogen) atoms. The van der Waals surface area contributed by atoms with Crippen LogP contribution in [0.1, 0.15) is 30.9 Å². The second-order valence-electron chi connectivity index (χ2n) is 4.04. The van der Waals surface area contributed by atoms with E-state index in [9.17, 15) is 0 Å². The van der Waals surface area contributed by atoms with Crippen molar-refractivity contribution >= 4 is 11.4 Å². The Bertz CT molecular complexity index is 334. The van der Waals surface area contributed by atoms with Gasteiger partial charge in [-0.3, -0.25) is 0 Å². The monoisotopic (exact) mass is 207 g/mol. The van der Waals surface area contributed by atoms with Gasteiger partial charge >= 0.3 is 0 Å². The standard InChI is InChI=1S/C12H21N3/c1-4-5-6-15(14)12-8-10(3)9(2)7-11(12)13/h7-8H,4-6,13-14H2,1-3H3. The molecule has 0 heterocycles. The minimum absolute atomic E-state index is 0.761. The van der Waals surface area contributed by atoms with Crippen LogP contribution in [0.25, 0.3) is 0 Å². The molecule has 0 saturated heterocycles. The number of hydrogen-bond donors (Lipinski definition) is 2. The largest absolute Gasteiger partial charge is 0.397 e. The van der Waals surface area contributed by atoms with Crippen LogP contribution in [0.15, 0.2) is 12.1 Å². The maximum atomic E-state index is 5.95. The molecule has 3 heteroatoms. The minimum atomic E-state index is 0.761. The van der Waals surface area contributed by atoms with Crippen LogP contribution >= 0.6 is 0 Å². The van der Waals surface area contributed by atoms with Crippen molar-refractivity contribution in [1.82, 2.24) is 0 Å². The second kappa shape index (κ2) is 5.03. The zero-order valence-electron chi connectivity index (χ0n) is 9.88. The molecule has 0 unspecified atom stereocenters.